The van der Waals surface area contributed by atoms with Crippen LogP contribution in [0.2, 0.25) is 10.0 Å². The lowest BCUT2D eigenvalue weighted by molar-refractivity contribution is -0.124. The summed E-state index contributed by atoms with van der Waals surface area (Å²) in [7, 11) is 0. The minimum absolute atomic E-state index is 0.110. The molecule has 0 N–H and O–H groups in total. The molecule has 7 nitrogen and oxygen atoms in total. The molecule has 1 saturated heterocycles. The number of aryl methyl sites for hydroxylation is 1. The second-order valence-corrected chi connectivity index (χ2v) is 13.3. The Labute approximate surface area is 268 Å². The average Bonchev–Trinajstić information content (AvgIpc) is 3.81. The number of imide groups is 1. The number of carbonyl (C=O) groups excluding carboxylic acids is 4. The van der Waals surface area contributed by atoms with Crippen molar-refractivity contribution in [2.45, 2.75) is 13.3 Å². The first-order chi connectivity index (χ1) is 21.7. The Bertz CT molecular complexity index is 1970. The molecular weight excluding hydrogens is 611 g/mol. The number of anilines is 1. The molecule has 4 aromatic rings. The van der Waals surface area contributed by atoms with Gasteiger partial charge < -0.3 is 4.74 Å². The Hall–Kier alpha value is -4.33. The van der Waals surface area contributed by atoms with Crippen molar-refractivity contribution < 1.29 is 23.9 Å². The summed E-state index contributed by atoms with van der Waals surface area (Å²) in [5.74, 6) is -0.489. The molecule has 2 amide bonds. The number of allylic oxidation sites excluding steroid dienone is 2. The normalized spacial score (nSPS) is 25.8. The molecule has 3 fully saturated rings. The molecule has 45 heavy (non-hydrogen) atoms. The molecule has 6 unspecified atom stereocenters. The number of hydrogen-bond donors (Lipinski definition) is 0. The number of aromatic nitrogens is 1. The van der Waals surface area contributed by atoms with Gasteiger partial charge in [-0.2, -0.15) is 0 Å². The van der Waals surface area contributed by atoms with Gasteiger partial charge >= 0.3 is 5.97 Å². The number of carbonyl (C=O) groups is 4. The lowest BCUT2D eigenvalue weighted by atomic mass is 9.63. The van der Waals surface area contributed by atoms with Gasteiger partial charge in [-0.15, -0.1) is 0 Å². The number of pyridine rings is 1. The summed E-state index contributed by atoms with van der Waals surface area (Å²) in [6.45, 7) is 1.41. The lowest BCUT2D eigenvalue weighted by Crippen LogP contribution is -2.40. The molecule has 2 heterocycles. The van der Waals surface area contributed by atoms with E-state index in [0.29, 0.717) is 44.7 Å². The third-order valence-electron chi connectivity index (χ3n) is 9.83. The molecule has 2 bridgehead atoms. The van der Waals surface area contributed by atoms with Gasteiger partial charge in [-0.25, -0.2) is 9.78 Å². The van der Waals surface area contributed by atoms with E-state index in [9.17, 15) is 19.2 Å². The van der Waals surface area contributed by atoms with E-state index in [1.165, 1.54) is 17.0 Å². The van der Waals surface area contributed by atoms with Gasteiger partial charge in [-0.1, -0.05) is 59.1 Å². The van der Waals surface area contributed by atoms with Gasteiger partial charge in [0.2, 0.25) is 17.6 Å². The van der Waals surface area contributed by atoms with Crippen LogP contribution in [0.5, 0.6) is 0 Å². The molecule has 2 saturated carbocycles. The molecular formula is C36H26Cl2N2O5. The Morgan fingerprint density at radius 2 is 1.56 bits per heavy atom. The van der Waals surface area contributed by atoms with Crippen molar-refractivity contribution in [3.63, 3.8) is 0 Å². The molecule has 9 rings (SSSR count). The van der Waals surface area contributed by atoms with Crippen molar-refractivity contribution in [1.82, 2.24) is 4.98 Å². The van der Waals surface area contributed by atoms with Crippen LogP contribution in [0.15, 0.2) is 78.9 Å². The highest BCUT2D eigenvalue weighted by Gasteiger charge is 2.67. The van der Waals surface area contributed by atoms with Crippen LogP contribution in [0.3, 0.4) is 0 Å². The Kier molecular flexibility index (Phi) is 6.48. The van der Waals surface area contributed by atoms with Crippen LogP contribution in [-0.4, -0.2) is 35.2 Å². The van der Waals surface area contributed by atoms with E-state index < -0.39 is 18.4 Å². The first-order valence-corrected chi connectivity index (χ1v) is 15.7. The zero-order chi connectivity index (χ0) is 31.1. The molecule has 1 aromatic heterocycles. The summed E-state index contributed by atoms with van der Waals surface area (Å²) >= 11 is 12.1. The van der Waals surface area contributed by atoms with Gasteiger partial charge in [0.05, 0.1) is 39.3 Å². The van der Waals surface area contributed by atoms with E-state index in [2.05, 4.69) is 12.2 Å². The molecule has 1 aliphatic heterocycles. The summed E-state index contributed by atoms with van der Waals surface area (Å²) in [6.07, 6.45) is 5.44. The number of hydrogen-bond acceptors (Lipinski definition) is 6. The first-order valence-electron chi connectivity index (χ1n) is 14.9. The highest BCUT2D eigenvalue weighted by atomic mass is 35.5. The Morgan fingerprint density at radius 3 is 2.22 bits per heavy atom. The zero-order valence-electron chi connectivity index (χ0n) is 24.1. The number of rotatable bonds is 6. The highest BCUT2D eigenvalue weighted by molar-refractivity contribution is 6.37. The second-order valence-electron chi connectivity index (χ2n) is 12.4. The van der Waals surface area contributed by atoms with Crippen LogP contribution in [0.4, 0.5) is 5.69 Å². The third kappa shape index (κ3) is 4.51. The summed E-state index contributed by atoms with van der Waals surface area (Å²) < 4.78 is 5.46. The van der Waals surface area contributed by atoms with Crippen LogP contribution in [0.1, 0.15) is 32.7 Å². The summed E-state index contributed by atoms with van der Waals surface area (Å²) in [5.41, 5.74) is 3.71. The molecule has 9 heteroatoms. The number of nitrogens with zero attached hydrogens (tertiary/aromatic N) is 2. The van der Waals surface area contributed by atoms with Crippen LogP contribution in [0, 0.1) is 42.4 Å². The van der Waals surface area contributed by atoms with E-state index in [1.54, 1.807) is 36.4 Å². The maximum atomic E-state index is 13.6. The fourth-order valence-corrected chi connectivity index (χ4v) is 8.17. The van der Waals surface area contributed by atoms with E-state index in [4.69, 9.17) is 32.9 Å². The third-order valence-corrected chi connectivity index (χ3v) is 10.4. The van der Waals surface area contributed by atoms with Gasteiger partial charge in [0.25, 0.3) is 0 Å². The number of ketones is 1. The maximum Gasteiger partial charge on any atom is 0.339 e. The van der Waals surface area contributed by atoms with E-state index >= 15 is 0 Å². The summed E-state index contributed by atoms with van der Waals surface area (Å²) in [4.78, 5) is 59.4. The minimum atomic E-state index is -0.679. The van der Waals surface area contributed by atoms with E-state index in [1.807, 2.05) is 25.1 Å². The quantitative estimate of drug-likeness (QED) is 0.0968. The van der Waals surface area contributed by atoms with Crippen molar-refractivity contribution in [1.29, 1.82) is 0 Å². The minimum Gasteiger partial charge on any atom is -0.454 e. The topological polar surface area (TPSA) is 93.6 Å². The Balaban J connectivity index is 1.07. The number of fused-ring (bicyclic) bond motifs is 1. The standard InChI is InChI=1S/C36H26Cl2N2O5/c1-17-2-11-29-26(12-17)27(36(44)45-16-31(41)23-8-5-19(37)13-28(23)38)15-30(39-29)18-3-6-20(7-4-18)40-34(42)32-21-9-10-22(25-14-24(21)25)33(32)35(40)43/h2-13,15,21-22,24-25,32-33H,14,16H2,1H3. The van der Waals surface area contributed by atoms with E-state index in [0.717, 1.165) is 12.0 Å². The molecule has 224 valence electrons. The largest absolute Gasteiger partial charge is 0.454 e. The Morgan fingerprint density at radius 1 is 0.867 bits per heavy atom. The van der Waals surface area contributed by atoms with Gasteiger partial charge in [-0.05, 0) is 85.5 Å². The molecule has 4 aliphatic carbocycles. The molecule has 0 spiro atoms. The fourth-order valence-electron chi connectivity index (χ4n) is 7.65. The number of esters is 1. The number of amides is 2. The van der Waals surface area contributed by atoms with Gasteiger partial charge in [0, 0.05) is 21.5 Å². The molecule has 3 aromatic carbocycles. The fraction of sp³-hybridized carbons (Fsp3) is 0.250. The molecule has 0 radical (unpaired) electrons. The predicted molar refractivity (Wildman–Crippen MR) is 170 cm³/mol. The van der Waals surface area contributed by atoms with Crippen molar-refractivity contribution in [3.05, 3.63) is 106 Å². The highest BCUT2D eigenvalue weighted by Crippen LogP contribution is 2.65. The maximum absolute atomic E-state index is 13.6. The average molecular weight is 638 g/mol. The van der Waals surface area contributed by atoms with Crippen LogP contribution < -0.4 is 4.90 Å². The first kappa shape index (κ1) is 28.2. The predicted octanol–water partition coefficient (Wildman–Crippen LogP) is 7.11. The van der Waals surface area contributed by atoms with Crippen molar-refractivity contribution in [3.8, 4) is 11.3 Å². The van der Waals surface area contributed by atoms with Crippen LogP contribution in [0.25, 0.3) is 22.2 Å². The van der Waals surface area contributed by atoms with Crippen molar-refractivity contribution >= 4 is 63.4 Å². The number of halogens is 2. The number of benzene rings is 3. The second kappa shape index (κ2) is 10.4. The van der Waals surface area contributed by atoms with Crippen LogP contribution in [-0.2, 0) is 14.3 Å². The van der Waals surface area contributed by atoms with Crippen molar-refractivity contribution in [2.75, 3.05) is 11.5 Å². The summed E-state index contributed by atoms with van der Waals surface area (Å²) in [6, 6.07) is 18.8. The lowest BCUT2D eigenvalue weighted by Gasteiger charge is -2.37. The van der Waals surface area contributed by atoms with Crippen molar-refractivity contribution in [2.24, 2.45) is 35.5 Å². The number of Topliss-reactive ketones (excluding diaryl/α,β-unsaturated/α-hetero) is 1. The van der Waals surface area contributed by atoms with Gasteiger partial charge in [-0.3, -0.25) is 19.3 Å². The van der Waals surface area contributed by atoms with E-state index in [-0.39, 0.29) is 51.6 Å². The summed E-state index contributed by atoms with van der Waals surface area (Å²) in [5, 5.41) is 1.16. The molecule has 6 atom stereocenters. The SMILES string of the molecule is Cc1ccc2nc(-c3ccc(N4C(=O)C5C6C=CC(C7CC67)C5C4=O)cc3)cc(C(=O)OCC(=O)c3ccc(Cl)cc3Cl)c2c1. The zero-order valence-corrected chi connectivity index (χ0v) is 25.6. The monoisotopic (exact) mass is 636 g/mol. The van der Waals surface area contributed by atoms with Gasteiger partial charge in [0.15, 0.2) is 6.61 Å². The number of ether oxygens (including phenoxy) is 1. The smallest absolute Gasteiger partial charge is 0.339 e. The van der Waals surface area contributed by atoms with Crippen LogP contribution >= 0.6 is 23.2 Å². The molecule has 5 aliphatic rings. The van der Waals surface area contributed by atoms with Gasteiger partial charge in [0.1, 0.15) is 0 Å².